The average molecular weight is 339 g/mol. The Balaban J connectivity index is 1.83. The van der Waals surface area contributed by atoms with Crippen molar-refractivity contribution in [1.29, 1.82) is 0 Å². The number of hydrogen-bond acceptors (Lipinski definition) is 5. The van der Waals surface area contributed by atoms with Crippen LogP contribution in [0.1, 0.15) is 43.3 Å². The van der Waals surface area contributed by atoms with Crippen molar-refractivity contribution in [2.75, 3.05) is 5.32 Å². The fraction of sp³-hybridized carbons (Fsp3) is 0.444. The molecule has 0 saturated heterocycles. The van der Waals surface area contributed by atoms with Gasteiger partial charge in [0.15, 0.2) is 0 Å². The summed E-state index contributed by atoms with van der Waals surface area (Å²) in [6, 6.07) is 2.00. The molecule has 0 aliphatic rings. The van der Waals surface area contributed by atoms with E-state index in [2.05, 4.69) is 52.5 Å². The minimum Gasteiger partial charge on any atom is -0.348 e. The predicted molar refractivity (Wildman–Crippen MR) is 98.3 cm³/mol. The van der Waals surface area contributed by atoms with Crippen LogP contribution in [0.3, 0.4) is 0 Å². The van der Waals surface area contributed by atoms with Gasteiger partial charge in [-0.2, -0.15) is 10.2 Å². The molecule has 0 fully saturated rings. The summed E-state index contributed by atoms with van der Waals surface area (Å²) >= 11 is 0. The molecule has 0 aliphatic heterocycles. The van der Waals surface area contributed by atoms with E-state index in [9.17, 15) is 0 Å². The zero-order valence-corrected chi connectivity index (χ0v) is 15.5. The first kappa shape index (κ1) is 17.1. The molecule has 25 heavy (non-hydrogen) atoms. The molecule has 0 aromatic carbocycles. The van der Waals surface area contributed by atoms with Crippen molar-refractivity contribution in [3.05, 3.63) is 41.6 Å². The first-order chi connectivity index (χ1) is 12.0. The summed E-state index contributed by atoms with van der Waals surface area (Å²) in [5, 5.41) is 12.2. The van der Waals surface area contributed by atoms with Crippen LogP contribution in [0.15, 0.2) is 24.7 Å². The van der Waals surface area contributed by atoms with E-state index >= 15 is 0 Å². The van der Waals surface area contributed by atoms with Crippen LogP contribution in [0.5, 0.6) is 0 Å². The van der Waals surface area contributed by atoms with Gasteiger partial charge in [0.25, 0.3) is 0 Å². The lowest BCUT2D eigenvalue weighted by atomic mass is 10.1. The monoisotopic (exact) mass is 339 g/mol. The van der Waals surface area contributed by atoms with Gasteiger partial charge in [-0.05, 0) is 33.3 Å². The maximum absolute atomic E-state index is 4.68. The average Bonchev–Trinajstić information content (AvgIpc) is 3.11. The Hall–Kier alpha value is -2.70. The van der Waals surface area contributed by atoms with Crippen LogP contribution in [0.4, 0.5) is 5.95 Å². The largest absolute Gasteiger partial charge is 0.348 e. The lowest BCUT2D eigenvalue weighted by molar-refractivity contribution is 0.598. The molecule has 7 nitrogen and oxygen atoms in total. The van der Waals surface area contributed by atoms with Gasteiger partial charge in [0.2, 0.25) is 5.95 Å². The van der Waals surface area contributed by atoms with Gasteiger partial charge < -0.3 is 5.32 Å². The molecule has 3 aromatic heterocycles. The number of anilines is 1. The van der Waals surface area contributed by atoms with Crippen molar-refractivity contribution in [3.8, 4) is 11.3 Å². The van der Waals surface area contributed by atoms with E-state index in [1.165, 1.54) is 0 Å². The summed E-state index contributed by atoms with van der Waals surface area (Å²) in [6.07, 6.45) is 6.78. The van der Waals surface area contributed by atoms with Gasteiger partial charge in [-0.15, -0.1) is 0 Å². The Labute approximate surface area is 148 Å². The SMILES string of the molecule is CCCn1cc(-c2ccnc(NC(C)c3cnn(C)c3C)n2)c(C)n1. The molecule has 0 aliphatic carbocycles. The maximum Gasteiger partial charge on any atom is 0.223 e. The number of hydrogen-bond donors (Lipinski definition) is 1. The fourth-order valence-electron chi connectivity index (χ4n) is 2.90. The minimum absolute atomic E-state index is 0.0767. The lowest BCUT2D eigenvalue weighted by Crippen LogP contribution is -2.10. The molecule has 0 amide bonds. The topological polar surface area (TPSA) is 73.5 Å². The van der Waals surface area contributed by atoms with E-state index in [-0.39, 0.29) is 6.04 Å². The quantitative estimate of drug-likeness (QED) is 0.746. The molecule has 3 rings (SSSR count). The van der Waals surface area contributed by atoms with Crippen LogP contribution in [0.25, 0.3) is 11.3 Å². The Morgan fingerprint density at radius 1 is 1.28 bits per heavy atom. The van der Waals surface area contributed by atoms with Crippen molar-refractivity contribution in [2.24, 2.45) is 7.05 Å². The molecule has 0 spiro atoms. The standard InChI is InChI=1S/C18H25N7/c1-6-9-25-11-16(13(3)23-25)17-7-8-19-18(22-17)21-12(2)15-10-20-24(5)14(15)4/h7-8,10-12H,6,9H2,1-5H3,(H,19,21,22). The van der Waals surface area contributed by atoms with Gasteiger partial charge in [-0.3, -0.25) is 9.36 Å². The third-order valence-electron chi connectivity index (χ3n) is 4.42. The van der Waals surface area contributed by atoms with Crippen molar-refractivity contribution < 1.29 is 0 Å². The molecular formula is C18H25N7. The Bertz CT molecular complexity index is 862. The highest BCUT2D eigenvalue weighted by Crippen LogP contribution is 2.23. The second kappa shape index (κ2) is 7.04. The second-order valence-electron chi connectivity index (χ2n) is 6.33. The van der Waals surface area contributed by atoms with Crippen LogP contribution in [0.2, 0.25) is 0 Å². The van der Waals surface area contributed by atoms with E-state index < -0.39 is 0 Å². The van der Waals surface area contributed by atoms with Crippen LogP contribution >= 0.6 is 0 Å². The van der Waals surface area contributed by atoms with Gasteiger partial charge in [-0.25, -0.2) is 9.97 Å². The Morgan fingerprint density at radius 2 is 2.08 bits per heavy atom. The smallest absolute Gasteiger partial charge is 0.223 e. The van der Waals surface area contributed by atoms with E-state index in [0.29, 0.717) is 5.95 Å². The van der Waals surface area contributed by atoms with Gasteiger partial charge in [0, 0.05) is 42.8 Å². The summed E-state index contributed by atoms with van der Waals surface area (Å²) < 4.78 is 3.85. The second-order valence-corrected chi connectivity index (χ2v) is 6.33. The number of aryl methyl sites for hydroxylation is 3. The summed E-state index contributed by atoms with van der Waals surface area (Å²) in [7, 11) is 1.94. The number of aromatic nitrogens is 6. The van der Waals surface area contributed by atoms with Crippen LogP contribution < -0.4 is 5.32 Å². The first-order valence-electron chi connectivity index (χ1n) is 8.62. The highest BCUT2D eigenvalue weighted by Gasteiger charge is 2.14. The van der Waals surface area contributed by atoms with Gasteiger partial charge in [0.05, 0.1) is 23.6 Å². The molecule has 3 heterocycles. The molecule has 132 valence electrons. The van der Waals surface area contributed by atoms with E-state index in [4.69, 9.17) is 0 Å². The zero-order valence-electron chi connectivity index (χ0n) is 15.5. The molecule has 7 heteroatoms. The van der Waals surface area contributed by atoms with Crippen LogP contribution in [-0.4, -0.2) is 29.5 Å². The molecule has 3 aromatic rings. The first-order valence-corrected chi connectivity index (χ1v) is 8.62. The third-order valence-corrected chi connectivity index (χ3v) is 4.42. The predicted octanol–water partition coefficient (Wildman–Crippen LogP) is 3.27. The highest BCUT2D eigenvalue weighted by atomic mass is 15.3. The molecule has 1 atom stereocenters. The Kier molecular flexibility index (Phi) is 4.83. The van der Waals surface area contributed by atoms with Gasteiger partial charge in [-0.1, -0.05) is 6.92 Å². The molecule has 0 bridgehead atoms. The Morgan fingerprint density at radius 3 is 2.76 bits per heavy atom. The summed E-state index contributed by atoms with van der Waals surface area (Å²) in [6.45, 7) is 9.21. The third kappa shape index (κ3) is 3.55. The molecule has 0 radical (unpaired) electrons. The molecule has 0 saturated carbocycles. The normalized spacial score (nSPS) is 12.4. The molecule has 1 N–H and O–H groups in total. The van der Waals surface area contributed by atoms with Crippen molar-refractivity contribution in [2.45, 2.75) is 46.7 Å². The van der Waals surface area contributed by atoms with Crippen molar-refractivity contribution in [3.63, 3.8) is 0 Å². The lowest BCUT2D eigenvalue weighted by Gasteiger charge is -2.14. The van der Waals surface area contributed by atoms with Crippen molar-refractivity contribution >= 4 is 5.95 Å². The van der Waals surface area contributed by atoms with Crippen LogP contribution in [-0.2, 0) is 13.6 Å². The zero-order chi connectivity index (χ0) is 18.0. The van der Waals surface area contributed by atoms with Crippen LogP contribution in [0, 0.1) is 13.8 Å². The van der Waals surface area contributed by atoms with Gasteiger partial charge in [0.1, 0.15) is 0 Å². The number of nitrogens with one attached hydrogen (secondary N) is 1. The van der Waals surface area contributed by atoms with Crippen molar-refractivity contribution in [1.82, 2.24) is 29.5 Å². The number of nitrogens with zero attached hydrogens (tertiary/aromatic N) is 6. The summed E-state index contributed by atoms with van der Waals surface area (Å²) in [5.74, 6) is 0.607. The summed E-state index contributed by atoms with van der Waals surface area (Å²) in [5.41, 5.74) is 5.18. The van der Waals surface area contributed by atoms with E-state index in [1.54, 1.807) is 6.20 Å². The minimum atomic E-state index is 0.0767. The summed E-state index contributed by atoms with van der Waals surface area (Å²) in [4.78, 5) is 9.04. The van der Waals surface area contributed by atoms with Gasteiger partial charge >= 0.3 is 0 Å². The maximum atomic E-state index is 4.68. The van der Waals surface area contributed by atoms with E-state index in [0.717, 1.165) is 41.2 Å². The fourth-order valence-corrected chi connectivity index (χ4v) is 2.90. The molecular weight excluding hydrogens is 314 g/mol. The van der Waals surface area contributed by atoms with E-state index in [1.807, 2.05) is 35.6 Å². The highest BCUT2D eigenvalue weighted by molar-refractivity contribution is 5.61. The molecule has 1 unspecified atom stereocenters. The number of rotatable bonds is 6.